The molecule has 68 valence electrons. The second kappa shape index (κ2) is 6.10. The van der Waals surface area contributed by atoms with Crippen LogP contribution in [0, 0.1) is 11.8 Å². The summed E-state index contributed by atoms with van der Waals surface area (Å²) in [4.78, 5) is 0. The Morgan fingerprint density at radius 2 is 2.54 bits per heavy atom. The summed E-state index contributed by atoms with van der Waals surface area (Å²) in [6.45, 7) is 3.38. The summed E-state index contributed by atoms with van der Waals surface area (Å²) in [5.74, 6) is 6.62. The Balaban J connectivity index is 2.14. The molecule has 0 aliphatic carbocycles. The summed E-state index contributed by atoms with van der Waals surface area (Å²) in [5, 5.41) is 3.15. The third-order valence-electron chi connectivity index (χ3n) is 1.48. The van der Waals surface area contributed by atoms with E-state index in [4.69, 9.17) is 4.42 Å². The Bertz CT molecular complexity index is 301. The normalized spacial score (nSPS) is 9.92. The zero-order valence-electron chi connectivity index (χ0n) is 7.71. The van der Waals surface area contributed by atoms with E-state index in [0.29, 0.717) is 0 Å². The highest BCUT2D eigenvalue weighted by atomic mass is 16.3. The molecule has 1 aromatic heterocycles. The molecule has 0 unspecified atom stereocenters. The maximum Gasteiger partial charge on any atom is 0.126 e. The van der Waals surface area contributed by atoms with E-state index in [2.05, 4.69) is 17.2 Å². The fourth-order valence-electron chi connectivity index (χ4n) is 0.868. The fraction of sp³-hybridized carbons (Fsp3) is 0.273. The molecule has 1 N–H and O–H groups in total. The van der Waals surface area contributed by atoms with Crippen LogP contribution < -0.4 is 5.32 Å². The molecule has 0 aliphatic rings. The van der Waals surface area contributed by atoms with E-state index in [9.17, 15) is 0 Å². The quantitative estimate of drug-likeness (QED) is 0.558. The molecule has 0 spiro atoms. The topological polar surface area (TPSA) is 25.2 Å². The van der Waals surface area contributed by atoms with E-state index in [1.54, 1.807) is 6.26 Å². The minimum atomic E-state index is 0.735. The zero-order valence-corrected chi connectivity index (χ0v) is 7.71. The van der Waals surface area contributed by atoms with Gasteiger partial charge in [0.2, 0.25) is 0 Å². The Morgan fingerprint density at radius 3 is 3.23 bits per heavy atom. The van der Waals surface area contributed by atoms with Crippen LogP contribution in [0.2, 0.25) is 0 Å². The molecule has 1 rings (SSSR count). The van der Waals surface area contributed by atoms with Gasteiger partial charge in [-0.25, -0.2) is 0 Å². The smallest absolute Gasteiger partial charge is 0.126 e. The van der Waals surface area contributed by atoms with Gasteiger partial charge in [0, 0.05) is 6.54 Å². The maximum absolute atomic E-state index is 5.12. The highest BCUT2D eigenvalue weighted by Gasteiger charge is 1.85. The Morgan fingerprint density at radius 1 is 1.62 bits per heavy atom. The van der Waals surface area contributed by atoms with Crippen molar-refractivity contribution in [2.24, 2.45) is 0 Å². The molecule has 2 nitrogen and oxygen atoms in total. The highest BCUT2D eigenvalue weighted by Crippen LogP contribution is 2.00. The van der Waals surface area contributed by atoms with E-state index >= 15 is 0 Å². The van der Waals surface area contributed by atoms with Gasteiger partial charge in [0.05, 0.1) is 12.8 Å². The van der Waals surface area contributed by atoms with Gasteiger partial charge in [-0.3, -0.25) is 0 Å². The van der Waals surface area contributed by atoms with Gasteiger partial charge in [-0.2, -0.15) is 0 Å². The molecule has 0 saturated heterocycles. The van der Waals surface area contributed by atoms with Crippen LogP contribution in [0.5, 0.6) is 0 Å². The monoisotopic (exact) mass is 175 g/mol. The predicted octanol–water partition coefficient (Wildman–Crippen LogP) is 1.91. The highest BCUT2D eigenvalue weighted by molar-refractivity contribution is 5.42. The lowest BCUT2D eigenvalue weighted by Gasteiger charge is -1.91. The molecule has 0 bridgehead atoms. The van der Waals surface area contributed by atoms with E-state index < -0.39 is 0 Å². The third-order valence-corrected chi connectivity index (χ3v) is 1.48. The van der Waals surface area contributed by atoms with Crippen LogP contribution in [-0.2, 0) is 0 Å². The van der Waals surface area contributed by atoms with Crippen molar-refractivity contribution in [2.75, 3.05) is 13.1 Å². The predicted molar refractivity (Wildman–Crippen MR) is 54.1 cm³/mol. The molecule has 0 radical (unpaired) electrons. The summed E-state index contributed by atoms with van der Waals surface area (Å²) in [5.41, 5.74) is 0. The summed E-state index contributed by atoms with van der Waals surface area (Å²) in [6, 6.07) is 3.79. The second-order valence-corrected chi connectivity index (χ2v) is 2.48. The van der Waals surface area contributed by atoms with Crippen molar-refractivity contribution in [3.8, 4) is 11.8 Å². The molecule has 0 saturated carbocycles. The summed E-state index contributed by atoms with van der Waals surface area (Å²) in [6.07, 6.45) is 5.61. The van der Waals surface area contributed by atoms with Gasteiger partial charge in [0.25, 0.3) is 0 Å². The van der Waals surface area contributed by atoms with Crippen molar-refractivity contribution < 1.29 is 4.42 Å². The average molecular weight is 175 g/mol. The largest absolute Gasteiger partial charge is 0.465 e. The second-order valence-electron chi connectivity index (χ2n) is 2.48. The summed E-state index contributed by atoms with van der Waals surface area (Å²) >= 11 is 0. The van der Waals surface area contributed by atoms with Crippen LogP contribution in [0.25, 0.3) is 6.08 Å². The van der Waals surface area contributed by atoms with Gasteiger partial charge in [-0.05, 0) is 25.1 Å². The van der Waals surface area contributed by atoms with Crippen LogP contribution in [0.1, 0.15) is 12.7 Å². The molecule has 0 aromatic carbocycles. The minimum Gasteiger partial charge on any atom is -0.465 e. The number of rotatable bonds is 4. The first-order valence-corrected chi connectivity index (χ1v) is 4.24. The van der Waals surface area contributed by atoms with E-state index in [1.807, 2.05) is 31.2 Å². The van der Waals surface area contributed by atoms with Crippen molar-refractivity contribution in [3.05, 3.63) is 30.2 Å². The Hall–Kier alpha value is -1.46. The first-order valence-electron chi connectivity index (χ1n) is 4.24. The van der Waals surface area contributed by atoms with Gasteiger partial charge >= 0.3 is 0 Å². The van der Waals surface area contributed by atoms with Crippen molar-refractivity contribution >= 4 is 6.08 Å². The van der Waals surface area contributed by atoms with Crippen LogP contribution >= 0.6 is 0 Å². The molecule has 2 heteroatoms. The molecule has 13 heavy (non-hydrogen) atoms. The molecule has 0 aliphatic heterocycles. The maximum atomic E-state index is 5.12. The number of hydrogen-bond acceptors (Lipinski definition) is 2. The molecule has 0 amide bonds. The van der Waals surface area contributed by atoms with E-state index in [0.717, 1.165) is 18.8 Å². The minimum absolute atomic E-state index is 0.735. The standard InChI is InChI=1S/C11H13NO/c1-2-3-8-12-9-4-6-11-7-5-10-13-11/h4-7,10,12H,8-9H2,1H3/b6-4+. The number of nitrogens with one attached hydrogen (secondary N) is 1. The van der Waals surface area contributed by atoms with Crippen LogP contribution in [-0.4, -0.2) is 13.1 Å². The van der Waals surface area contributed by atoms with Gasteiger partial charge in [-0.1, -0.05) is 12.0 Å². The van der Waals surface area contributed by atoms with Crippen LogP contribution in [0.4, 0.5) is 0 Å². The van der Waals surface area contributed by atoms with Crippen molar-refractivity contribution in [2.45, 2.75) is 6.92 Å². The number of hydrogen-bond donors (Lipinski definition) is 1. The lowest BCUT2D eigenvalue weighted by atomic mass is 10.4. The SMILES string of the molecule is CC#CCNC/C=C/c1ccco1. The fourth-order valence-corrected chi connectivity index (χ4v) is 0.868. The van der Waals surface area contributed by atoms with Crippen molar-refractivity contribution in [1.82, 2.24) is 5.32 Å². The third kappa shape index (κ3) is 4.19. The van der Waals surface area contributed by atoms with Crippen molar-refractivity contribution in [3.63, 3.8) is 0 Å². The molecule has 0 fully saturated rings. The van der Waals surface area contributed by atoms with E-state index in [-0.39, 0.29) is 0 Å². The lowest BCUT2D eigenvalue weighted by molar-refractivity contribution is 0.557. The average Bonchev–Trinajstić information content (AvgIpc) is 2.63. The van der Waals surface area contributed by atoms with E-state index in [1.165, 1.54) is 0 Å². The van der Waals surface area contributed by atoms with Crippen molar-refractivity contribution in [1.29, 1.82) is 0 Å². The van der Waals surface area contributed by atoms with Gasteiger partial charge in [0.1, 0.15) is 5.76 Å². The Labute approximate surface area is 78.6 Å². The lowest BCUT2D eigenvalue weighted by Crippen LogP contribution is -2.12. The molecule has 1 aromatic rings. The molecule has 0 atom stereocenters. The van der Waals surface area contributed by atoms with Crippen LogP contribution in [0.15, 0.2) is 28.9 Å². The summed E-state index contributed by atoms with van der Waals surface area (Å²) < 4.78 is 5.12. The van der Waals surface area contributed by atoms with Gasteiger partial charge < -0.3 is 9.73 Å². The molecular formula is C11H13NO. The Kier molecular flexibility index (Phi) is 4.52. The summed E-state index contributed by atoms with van der Waals surface area (Å²) in [7, 11) is 0. The van der Waals surface area contributed by atoms with Gasteiger partial charge in [0.15, 0.2) is 0 Å². The molecular weight excluding hydrogens is 162 g/mol. The van der Waals surface area contributed by atoms with Crippen LogP contribution in [0.3, 0.4) is 0 Å². The first kappa shape index (κ1) is 9.63. The zero-order chi connectivity index (χ0) is 9.36. The first-order chi connectivity index (χ1) is 6.43. The molecule has 1 heterocycles. The van der Waals surface area contributed by atoms with Gasteiger partial charge in [-0.15, -0.1) is 5.92 Å². The number of furan rings is 1.